The fourth-order valence-corrected chi connectivity index (χ4v) is 2.59. The van der Waals surface area contributed by atoms with Gasteiger partial charge in [0.2, 0.25) is 11.0 Å². The van der Waals surface area contributed by atoms with Crippen LogP contribution in [0, 0.1) is 3.95 Å². The summed E-state index contributed by atoms with van der Waals surface area (Å²) in [5, 5.41) is 14.4. The molecular weight excluding hydrogens is 322 g/mol. The lowest BCUT2D eigenvalue weighted by atomic mass is 10.1. The van der Waals surface area contributed by atoms with Crippen molar-refractivity contribution < 1.29 is 9.59 Å². The minimum Gasteiger partial charge on any atom is -0.357 e. The van der Waals surface area contributed by atoms with E-state index in [9.17, 15) is 9.59 Å². The van der Waals surface area contributed by atoms with E-state index in [4.69, 9.17) is 12.2 Å². The molecule has 0 aliphatic rings. The Morgan fingerprint density at radius 2 is 2.09 bits per heavy atom. The number of benzene rings is 1. The van der Waals surface area contributed by atoms with Gasteiger partial charge in [-0.2, -0.15) is 0 Å². The van der Waals surface area contributed by atoms with Crippen molar-refractivity contribution >= 4 is 40.6 Å². The standard InChI is InChI=1S/C13H15N5O2S2/c1-14-10(19)9(7-8-5-3-2-4-6-8)15-11(20)16-12-17-18-13(21)22-12/h2-6,9H,7H2,1H3,(H,14,19)(H,18,21)(H2,15,16,17,20). The third-order valence-corrected chi connectivity index (χ3v) is 3.81. The highest BCUT2D eigenvalue weighted by molar-refractivity contribution is 7.73. The zero-order valence-corrected chi connectivity index (χ0v) is 13.4. The van der Waals surface area contributed by atoms with E-state index in [1.165, 1.54) is 7.05 Å². The number of amides is 3. The molecule has 1 heterocycles. The van der Waals surface area contributed by atoms with Gasteiger partial charge < -0.3 is 10.6 Å². The number of H-pyrrole nitrogens is 1. The number of aromatic nitrogens is 2. The Kier molecular flexibility index (Phi) is 5.61. The maximum Gasteiger partial charge on any atom is 0.321 e. The minimum atomic E-state index is -0.681. The average molecular weight is 337 g/mol. The zero-order valence-electron chi connectivity index (χ0n) is 11.8. The number of carbonyl (C=O) groups excluding carboxylic acids is 2. The van der Waals surface area contributed by atoms with Crippen molar-refractivity contribution in [2.24, 2.45) is 0 Å². The summed E-state index contributed by atoms with van der Waals surface area (Å²) in [4.78, 5) is 23.9. The van der Waals surface area contributed by atoms with Gasteiger partial charge in [0.05, 0.1) is 0 Å². The number of hydrogen-bond acceptors (Lipinski definition) is 5. The van der Waals surface area contributed by atoms with E-state index < -0.39 is 12.1 Å². The number of likely N-dealkylation sites (N-methyl/N-ethyl adjacent to an activating group) is 1. The van der Waals surface area contributed by atoms with E-state index in [1.54, 1.807) is 0 Å². The van der Waals surface area contributed by atoms with E-state index in [1.807, 2.05) is 30.3 Å². The number of rotatable bonds is 5. The van der Waals surface area contributed by atoms with Crippen LogP contribution in [0.2, 0.25) is 0 Å². The molecule has 1 atom stereocenters. The highest BCUT2D eigenvalue weighted by atomic mass is 32.1. The molecule has 0 saturated heterocycles. The molecule has 2 aromatic rings. The van der Waals surface area contributed by atoms with Crippen molar-refractivity contribution in [3.8, 4) is 0 Å². The van der Waals surface area contributed by atoms with E-state index in [-0.39, 0.29) is 5.91 Å². The molecule has 3 amide bonds. The predicted molar refractivity (Wildman–Crippen MR) is 87.5 cm³/mol. The molecule has 116 valence electrons. The number of carbonyl (C=O) groups is 2. The van der Waals surface area contributed by atoms with Crippen LogP contribution in [-0.2, 0) is 11.2 Å². The van der Waals surface area contributed by atoms with Gasteiger partial charge in [0.15, 0.2) is 3.95 Å². The van der Waals surface area contributed by atoms with E-state index >= 15 is 0 Å². The van der Waals surface area contributed by atoms with Gasteiger partial charge in [-0.25, -0.2) is 4.79 Å². The van der Waals surface area contributed by atoms with Crippen molar-refractivity contribution in [2.45, 2.75) is 12.5 Å². The van der Waals surface area contributed by atoms with Gasteiger partial charge in [-0.3, -0.25) is 15.2 Å². The second-order valence-corrected chi connectivity index (χ2v) is 6.04. The lowest BCUT2D eigenvalue weighted by molar-refractivity contribution is -0.122. The summed E-state index contributed by atoms with van der Waals surface area (Å²) < 4.78 is 0.461. The monoisotopic (exact) mass is 337 g/mol. The topological polar surface area (TPSA) is 98.9 Å². The van der Waals surface area contributed by atoms with Crippen LogP contribution < -0.4 is 16.0 Å². The Morgan fingerprint density at radius 1 is 1.36 bits per heavy atom. The summed E-state index contributed by atoms with van der Waals surface area (Å²) >= 11 is 6.02. The van der Waals surface area contributed by atoms with Crippen LogP contribution in [0.25, 0.3) is 0 Å². The number of aromatic amines is 1. The first-order valence-electron chi connectivity index (χ1n) is 6.47. The number of nitrogens with zero attached hydrogens (tertiary/aromatic N) is 1. The molecule has 0 saturated carbocycles. The molecule has 0 radical (unpaired) electrons. The summed E-state index contributed by atoms with van der Waals surface area (Å²) in [6.45, 7) is 0. The summed E-state index contributed by atoms with van der Waals surface area (Å²) in [5.41, 5.74) is 0.951. The Balaban J connectivity index is 2.01. The predicted octanol–water partition coefficient (Wildman–Crippen LogP) is 1.68. The summed E-state index contributed by atoms with van der Waals surface area (Å²) in [5.74, 6) is -0.270. The van der Waals surface area contributed by atoms with Gasteiger partial charge in [0.25, 0.3) is 0 Å². The van der Waals surface area contributed by atoms with E-state index in [2.05, 4.69) is 26.1 Å². The molecule has 2 rings (SSSR count). The third-order valence-electron chi connectivity index (χ3n) is 2.81. The molecule has 0 bridgehead atoms. The molecule has 0 aliphatic heterocycles. The van der Waals surface area contributed by atoms with Crippen LogP contribution >= 0.6 is 23.6 Å². The molecule has 7 nitrogen and oxygen atoms in total. The fourth-order valence-electron chi connectivity index (χ4n) is 1.81. The maximum absolute atomic E-state index is 12.0. The molecule has 1 unspecified atom stereocenters. The summed E-state index contributed by atoms with van der Waals surface area (Å²) in [7, 11) is 1.53. The van der Waals surface area contributed by atoms with Gasteiger partial charge in [0.1, 0.15) is 6.04 Å². The van der Waals surface area contributed by atoms with Crippen molar-refractivity contribution in [3.63, 3.8) is 0 Å². The number of anilines is 1. The lowest BCUT2D eigenvalue weighted by Crippen LogP contribution is -2.48. The second kappa shape index (κ2) is 7.66. The SMILES string of the molecule is CNC(=O)C(Cc1ccccc1)NC(=O)Nc1n[nH]c(=S)s1. The lowest BCUT2D eigenvalue weighted by Gasteiger charge is -2.17. The van der Waals surface area contributed by atoms with Gasteiger partial charge in [-0.1, -0.05) is 41.7 Å². The number of urea groups is 1. The highest BCUT2D eigenvalue weighted by Gasteiger charge is 2.20. The number of nitrogens with one attached hydrogen (secondary N) is 4. The normalized spacial score (nSPS) is 11.5. The third kappa shape index (κ3) is 4.64. The molecule has 4 N–H and O–H groups in total. The molecular formula is C13H15N5O2S2. The molecule has 1 aromatic carbocycles. The zero-order chi connectivity index (χ0) is 15.9. The molecule has 0 fully saturated rings. The molecule has 0 aliphatic carbocycles. The summed E-state index contributed by atoms with van der Waals surface area (Å²) in [6.07, 6.45) is 0.393. The fraction of sp³-hybridized carbons (Fsp3) is 0.231. The Labute approximate surface area is 136 Å². The molecule has 22 heavy (non-hydrogen) atoms. The first-order chi connectivity index (χ1) is 10.6. The molecule has 1 aromatic heterocycles. The van der Waals surface area contributed by atoms with Crippen molar-refractivity contribution in [1.82, 2.24) is 20.8 Å². The number of hydrogen-bond donors (Lipinski definition) is 4. The van der Waals surface area contributed by atoms with Crippen molar-refractivity contribution in [3.05, 3.63) is 39.8 Å². The van der Waals surface area contributed by atoms with Gasteiger partial charge in [-0.05, 0) is 17.8 Å². The second-order valence-electron chi connectivity index (χ2n) is 4.37. The van der Waals surface area contributed by atoms with E-state index in [0.717, 1.165) is 16.9 Å². The summed E-state index contributed by atoms with van der Waals surface area (Å²) in [6, 6.07) is 8.26. The van der Waals surface area contributed by atoms with Gasteiger partial charge >= 0.3 is 6.03 Å². The quantitative estimate of drug-likeness (QED) is 0.624. The van der Waals surface area contributed by atoms with Crippen LogP contribution in [-0.4, -0.2) is 35.2 Å². The highest BCUT2D eigenvalue weighted by Crippen LogP contribution is 2.10. The van der Waals surface area contributed by atoms with Crippen LogP contribution in [0.1, 0.15) is 5.56 Å². The van der Waals surface area contributed by atoms with E-state index in [0.29, 0.717) is 15.5 Å². The Bertz CT molecular complexity index is 698. The largest absolute Gasteiger partial charge is 0.357 e. The van der Waals surface area contributed by atoms with Crippen molar-refractivity contribution in [1.29, 1.82) is 0 Å². The van der Waals surface area contributed by atoms with Crippen LogP contribution in [0.15, 0.2) is 30.3 Å². The van der Waals surface area contributed by atoms with Crippen molar-refractivity contribution in [2.75, 3.05) is 12.4 Å². The van der Waals surface area contributed by atoms with Gasteiger partial charge in [0, 0.05) is 13.5 Å². The first-order valence-corrected chi connectivity index (χ1v) is 7.69. The first kappa shape index (κ1) is 16.1. The minimum absolute atomic E-state index is 0.270. The molecule has 9 heteroatoms. The van der Waals surface area contributed by atoms with Crippen LogP contribution in [0.5, 0.6) is 0 Å². The Hall–Kier alpha value is -2.26. The average Bonchev–Trinajstić information content (AvgIpc) is 2.91. The Morgan fingerprint density at radius 3 is 2.68 bits per heavy atom. The van der Waals surface area contributed by atoms with Gasteiger partial charge in [-0.15, -0.1) is 5.10 Å². The van der Waals surface area contributed by atoms with Crippen LogP contribution in [0.4, 0.5) is 9.93 Å². The van der Waals surface area contributed by atoms with Crippen LogP contribution in [0.3, 0.4) is 0 Å². The maximum atomic E-state index is 12.0. The smallest absolute Gasteiger partial charge is 0.321 e. The molecule has 0 spiro atoms.